The lowest BCUT2D eigenvalue weighted by Gasteiger charge is -2.06. The van der Waals surface area contributed by atoms with E-state index in [0.717, 1.165) is 5.56 Å². The van der Waals surface area contributed by atoms with E-state index in [1.807, 2.05) is 0 Å². The van der Waals surface area contributed by atoms with Gasteiger partial charge in [0.2, 0.25) is 0 Å². The molecule has 4 heteroatoms. The Hall–Kier alpha value is -2.36. The topological polar surface area (TPSA) is 67.5 Å². The average Bonchev–Trinajstić information content (AvgIpc) is 2.76. The van der Waals surface area contributed by atoms with Gasteiger partial charge in [-0.1, -0.05) is 12.1 Å². The Labute approximate surface area is 97.5 Å². The van der Waals surface area contributed by atoms with Crippen LogP contribution < -0.4 is 0 Å². The minimum atomic E-state index is -1.02. The molecule has 0 fully saturated rings. The van der Waals surface area contributed by atoms with Crippen LogP contribution in [0.5, 0.6) is 0 Å². The Bertz CT molecular complexity index is 581. The summed E-state index contributed by atoms with van der Waals surface area (Å²) in [5.74, 6) is -0.449. The molecule has 0 aliphatic heterocycles. The molecular weight excluding hydrogens is 220 g/mol. The van der Waals surface area contributed by atoms with E-state index < -0.39 is 5.97 Å². The first kappa shape index (κ1) is 11.1. The summed E-state index contributed by atoms with van der Waals surface area (Å²) >= 11 is 0. The Morgan fingerprint density at radius 2 is 2.06 bits per heavy atom. The molecule has 1 N–H and O–H groups in total. The number of carboxylic acid groups (broad SMARTS) is 1. The quantitative estimate of drug-likeness (QED) is 0.823. The van der Waals surface area contributed by atoms with Crippen LogP contribution in [-0.2, 0) is 0 Å². The van der Waals surface area contributed by atoms with E-state index >= 15 is 0 Å². The van der Waals surface area contributed by atoms with Crippen LogP contribution in [-0.4, -0.2) is 17.4 Å². The molecule has 0 saturated heterocycles. The monoisotopic (exact) mass is 230 g/mol. The number of hydrogen-bond donors (Lipinski definition) is 1. The molecule has 0 radical (unpaired) electrons. The molecule has 0 atom stereocenters. The molecule has 2 aromatic rings. The fraction of sp³-hybridized carbons (Fsp3) is 0.0769. The first-order valence-electron chi connectivity index (χ1n) is 5.02. The second kappa shape index (κ2) is 4.25. The molecule has 0 aliphatic carbocycles. The van der Waals surface area contributed by atoms with Crippen molar-refractivity contribution in [1.29, 1.82) is 0 Å². The molecule has 2 rings (SSSR count). The maximum atomic E-state index is 11.1. The van der Waals surface area contributed by atoms with Crippen LogP contribution in [0.4, 0.5) is 0 Å². The van der Waals surface area contributed by atoms with Crippen LogP contribution >= 0.6 is 0 Å². The fourth-order valence-corrected chi connectivity index (χ4v) is 1.72. The highest BCUT2D eigenvalue weighted by Crippen LogP contribution is 2.28. The van der Waals surface area contributed by atoms with Gasteiger partial charge in [0.1, 0.15) is 5.76 Å². The highest BCUT2D eigenvalue weighted by Gasteiger charge is 2.16. The van der Waals surface area contributed by atoms with Crippen molar-refractivity contribution in [2.24, 2.45) is 0 Å². The van der Waals surface area contributed by atoms with Gasteiger partial charge in [-0.25, -0.2) is 4.79 Å². The van der Waals surface area contributed by atoms with Crippen molar-refractivity contribution in [2.75, 3.05) is 0 Å². The van der Waals surface area contributed by atoms with Crippen LogP contribution in [0.1, 0.15) is 26.5 Å². The minimum absolute atomic E-state index is 0.164. The van der Waals surface area contributed by atoms with Crippen LogP contribution in [0.15, 0.2) is 34.7 Å². The van der Waals surface area contributed by atoms with Gasteiger partial charge in [0, 0.05) is 5.56 Å². The van der Waals surface area contributed by atoms with Crippen molar-refractivity contribution in [2.45, 2.75) is 6.92 Å². The minimum Gasteiger partial charge on any atom is -0.478 e. The van der Waals surface area contributed by atoms with Crippen molar-refractivity contribution in [3.05, 3.63) is 47.2 Å². The van der Waals surface area contributed by atoms with Gasteiger partial charge in [-0.3, -0.25) is 4.79 Å². The second-order valence-electron chi connectivity index (χ2n) is 3.62. The van der Waals surface area contributed by atoms with E-state index in [1.54, 1.807) is 25.1 Å². The number of aromatic carboxylic acids is 1. The molecule has 1 heterocycles. The lowest BCUT2D eigenvalue weighted by Crippen LogP contribution is -2.00. The molecule has 0 saturated carbocycles. The standard InChI is InChI=1S/C13H10O4/c1-8-3-2-4-10(13(15)16)12(8)11-6-5-9(7-14)17-11/h2-7H,1H3,(H,15,16). The van der Waals surface area contributed by atoms with Gasteiger partial charge in [0.05, 0.1) is 5.56 Å². The van der Waals surface area contributed by atoms with Gasteiger partial charge in [-0.05, 0) is 30.7 Å². The van der Waals surface area contributed by atoms with Gasteiger partial charge >= 0.3 is 5.97 Å². The summed E-state index contributed by atoms with van der Waals surface area (Å²) in [6.45, 7) is 1.80. The number of carboxylic acids is 1. The summed E-state index contributed by atoms with van der Waals surface area (Å²) < 4.78 is 5.26. The van der Waals surface area contributed by atoms with Crippen molar-refractivity contribution in [3.8, 4) is 11.3 Å². The maximum Gasteiger partial charge on any atom is 0.336 e. The number of aldehydes is 1. The van der Waals surface area contributed by atoms with E-state index in [-0.39, 0.29) is 11.3 Å². The Morgan fingerprint density at radius 3 is 2.65 bits per heavy atom. The SMILES string of the molecule is Cc1cccc(C(=O)O)c1-c1ccc(C=O)o1. The fourth-order valence-electron chi connectivity index (χ4n) is 1.72. The first-order chi connectivity index (χ1) is 8.13. The molecule has 4 nitrogen and oxygen atoms in total. The van der Waals surface area contributed by atoms with E-state index in [0.29, 0.717) is 17.6 Å². The zero-order valence-corrected chi connectivity index (χ0v) is 9.14. The molecule has 1 aromatic heterocycles. The zero-order chi connectivity index (χ0) is 12.4. The van der Waals surface area contributed by atoms with E-state index in [9.17, 15) is 9.59 Å². The van der Waals surface area contributed by atoms with Gasteiger partial charge in [-0.2, -0.15) is 0 Å². The highest BCUT2D eigenvalue weighted by atomic mass is 16.4. The third-order valence-corrected chi connectivity index (χ3v) is 2.49. The summed E-state index contributed by atoms with van der Waals surface area (Å²) in [6, 6.07) is 8.09. The first-order valence-corrected chi connectivity index (χ1v) is 5.02. The van der Waals surface area contributed by atoms with E-state index in [2.05, 4.69) is 0 Å². The predicted molar refractivity (Wildman–Crippen MR) is 61.2 cm³/mol. The molecule has 0 aliphatic rings. The van der Waals surface area contributed by atoms with Crippen molar-refractivity contribution < 1.29 is 19.1 Å². The Kier molecular flexibility index (Phi) is 2.78. The van der Waals surface area contributed by atoms with E-state index in [1.165, 1.54) is 12.1 Å². The number of aryl methyl sites for hydroxylation is 1. The lowest BCUT2D eigenvalue weighted by molar-refractivity contribution is 0.0697. The summed E-state index contributed by atoms with van der Waals surface area (Å²) in [4.78, 5) is 21.7. The average molecular weight is 230 g/mol. The summed E-state index contributed by atoms with van der Waals surface area (Å²) in [5.41, 5.74) is 1.46. The summed E-state index contributed by atoms with van der Waals surface area (Å²) in [6.07, 6.45) is 0.586. The lowest BCUT2D eigenvalue weighted by atomic mass is 10.00. The molecule has 86 valence electrons. The molecule has 0 amide bonds. The Morgan fingerprint density at radius 1 is 1.29 bits per heavy atom. The van der Waals surface area contributed by atoms with Gasteiger partial charge in [0.25, 0.3) is 0 Å². The smallest absolute Gasteiger partial charge is 0.336 e. The highest BCUT2D eigenvalue weighted by molar-refractivity contribution is 5.96. The Balaban J connectivity index is 2.64. The largest absolute Gasteiger partial charge is 0.478 e. The summed E-state index contributed by atoms with van der Waals surface area (Å²) in [5, 5.41) is 9.10. The van der Waals surface area contributed by atoms with Gasteiger partial charge in [0.15, 0.2) is 12.0 Å². The number of carbonyl (C=O) groups excluding carboxylic acids is 1. The molecule has 0 unspecified atom stereocenters. The zero-order valence-electron chi connectivity index (χ0n) is 9.14. The van der Waals surface area contributed by atoms with Crippen LogP contribution in [0.3, 0.4) is 0 Å². The van der Waals surface area contributed by atoms with E-state index in [4.69, 9.17) is 9.52 Å². The van der Waals surface area contributed by atoms with Crippen molar-refractivity contribution in [3.63, 3.8) is 0 Å². The molecule has 0 spiro atoms. The predicted octanol–water partition coefficient (Wildman–Crippen LogP) is 2.77. The molecular formula is C13H10O4. The maximum absolute atomic E-state index is 11.1. The normalized spacial score (nSPS) is 10.2. The van der Waals surface area contributed by atoms with Crippen LogP contribution in [0.25, 0.3) is 11.3 Å². The third kappa shape index (κ3) is 1.97. The number of rotatable bonds is 3. The number of furan rings is 1. The molecule has 1 aromatic carbocycles. The summed E-state index contributed by atoms with van der Waals surface area (Å²) in [7, 11) is 0. The molecule has 17 heavy (non-hydrogen) atoms. The van der Waals surface area contributed by atoms with Crippen molar-refractivity contribution >= 4 is 12.3 Å². The second-order valence-corrected chi connectivity index (χ2v) is 3.62. The van der Waals surface area contributed by atoms with Gasteiger partial charge < -0.3 is 9.52 Å². The number of carbonyl (C=O) groups is 2. The molecule has 0 bridgehead atoms. The number of benzene rings is 1. The van der Waals surface area contributed by atoms with Crippen LogP contribution in [0, 0.1) is 6.92 Å². The third-order valence-electron chi connectivity index (χ3n) is 2.49. The number of hydrogen-bond acceptors (Lipinski definition) is 3. The van der Waals surface area contributed by atoms with Crippen LogP contribution in [0.2, 0.25) is 0 Å². The van der Waals surface area contributed by atoms with Gasteiger partial charge in [-0.15, -0.1) is 0 Å². The van der Waals surface area contributed by atoms with Crippen molar-refractivity contribution in [1.82, 2.24) is 0 Å².